The summed E-state index contributed by atoms with van der Waals surface area (Å²) in [6.45, 7) is 2.82. The van der Waals surface area contributed by atoms with Gasteiger partial charge in [0.25, 0.3) is 5.91 Å². The number of fused-ring (bicyclic) bond motifs is 6. The zero-order valence-corrected chi connectivity index (χ0v) is 20.7. The molecule has 0 aromatic heterocycles. The smallest absolute Gasteiger partial charge is 0.251 e. The maximum absolute atomic E-state index is 14.5. The first-order valence-corrected chi connectivity index (χ1v) is 13.2. The molecule has 2 N–H and O–H groups in total. The van der Waals surface area contributed by atoms with Crippen LogP contribution >= 0.6 is 23.4 Å². The predicted octanol–water partition coefficient (Wildman–Crippen LogP) is 5.54. The van der Waals surface area contributed by atoms with Gasteiger partial charge >= 0.3 is 0 Å². The number of nitrogens with one attached hydrogen (secondary N) is 2. The van der Waals surface area contributed by atoms with E-state index in [4.69, 9.17) is 11.6 Å². The van der Waals surface area contributed by atoms with Crippen LogP contribution in [0.2, 0.25) is 5.02 Å². The SMILES string of the molecule is Cc1ccc([C@H]2C3CCCN3[C@@]3(C(=O)Nc4ccc(Cl)cc43)[C@@]23Sc2ccccc2NC3=O)cc1. The number of amides is 2. The molecule has 0 saturated carbocycles. The first-order valence-electron chi connectivity index (χ1n) is 12.0. The first kappa shape index (κ1) is 21.5. The number of rotatable bonds is 1. The Morgan fingerprint density at radius 1 is 0.971 bits per heavy atom. The van der Waals surface area contributed by atoms with Crippen LogP contribution in [0, 0.1) is 6.92 Å². The third-order valence-corrected chi connectivity index (χ3v) is 10.1. The lowest BCUT2D eigenvalue weighted by molar-refractivity contribution is -0.133. The van der Waals surface area contributed by atoms with Crippen molar-refractivity contribution in [2.24, 2.45) is 0 Å². The van der Waals surface area contributed by atoms with E-state index >= 15 is 0 Å². The summed E-state index contributed by atoms with van der Waals surface area (Å²) in [5, 5.41) is 6.91. The zero-order valence-electron chi connectivity index (χ0n) is 19.2. The van der Waals surface area contributed by atoms with E-state index in [0.717, 1.165) is 46.8 Å². The van der Waals surface area contributed by atoms with Crippen LogP contribution in [-0.4, -0.2) is 34.0 Å². The monoisotopic (exact) mass is 501 g/mol. The highest BCUT2D eigenvalue weighted by Crippen LogP contribution is 2.70. The highest BCUT2D eigenvalue weighted by atomic mass is 35.5. The van der Waals surface area contributed by atoms with Gasteiger partial charge in [-0.15, -0.1) is 11.8 Å². The highest BCUT2D eigenvalue weighted by molar-refractivity contribution is 8.02. The summed E-state index contributed by atoms with van der Waals surface area (Å²) in [6.07, 6.45) is 1.91. The van der Waals surface area contributed by atoms with Gasteiger partial charge in [0.1, 0.15) is 4.75 Å². The van der Waals surface area contributed by atoms with E-state index in [9.17, 15) is 9.59 Å². The molecule has 0 bridgehead atoms. The number of thioether (sulfide) groups is 1. The lowest BCUT2D eigenvalue weighted by Gasteiger charge is -2.47. The first-order chi connectivity index (χ1) is 17.0. The molecular formula is C28H24ClN3O2S. The van der Waals surface area contributed by atoms with Crippen molar-refractivity contribution in [1.82, 2.24) is 4.90 Å². The summed E-state index contributed by atoms with van der Waals surface area (Å²) >= 11 is 8.08. The topological polar surface area (TPSA) is 61.4 Å². The number of carbonyl (C=O) groups excluding carboxylic acids is 2. The van der Waals surface area contributed by atoms with E-state index < -0.39 is 10.3 Å². The number of carbonyl (C=O) groups is 2. The standard InChI is InChI=1S/C28H24ClN3O2S/c1-16-8-10-17(11-9-16)24-22-6-4-14-32(22)27(19-15-18(29)12-13-20(19)30-25(27)33)28(24)26(34)31-21-5-2-3-7-23(21)35-28/h2-3,5,7-13,15,22,24H,4,6,14H2,1H3,(H,30,33)(H,31,34)/t22?,24-,27-,28+/m0/s1. The fraction of sp³-hybridized carbons (Fsp3) is 0.286. The molecule has 2 saturated heterocycles. The molecule has 5 nitrogen and oxygen atoms in total. The zero-order chi connectivity index (χ0) is 23.9. The van der Waals surface area contributed by atoms with Crippen LogP contribution in [0.15, 0.2) is 71.6 Å². The van der Waals surface area contributed by atoms with Crippen LogP contribution in [0.3, 0.4) is 0 Å². The molecule has 4 atom stereocenters. The third-order valence-electron chi connectivity index (χ3n) is 8.22. The number of para-hydroxylation sites is 1. The van der Waals surface area contributed by atoms with E-state index in [-0.39, 0.29) is 23.8 Å². The van der Waals surface area contributed by atoms with Crippen molar-refractivity contribution in [2.75, 3.05) is 17.2 Å². The Morgan fingerprint density at radius 3 is 2.57 bits per heavy atom. The molecular weight excluding hydrogens is 478 g/mol. The molecule has 2 amide bonds. The summed E-state index contributed by atoms with van der Waals surface area (Å²) in [5.41, 5.74) is 3.42. The van der Waals surface area contributed by atoms with Crippen molar-refractivity contribution < 1.29 is 9.59 Å². The molecule has 0 aliphatic carbocycles. The number of anilines is 2. The molecule has 2 spiro atoms. The van der Waals surface area contributed by atoms with Crippen LogP contribution in [0.5, 0.6) is 0 Å². The van der Waals surface area contributed by atoms with Gasteiger partial charge in [0, 0.05) is 33.1 Å². The van der Waals surface area contributed by atoms with Gasteiger partial charge in [0.15, 0.2) is 5.54 Å². The summed E-state index contributed by atoms with van der Waals surface area (Å²) < 4.78 is -1.11. The Morgan fingerprint density at radius 2 is 1.74 bits per heavy atom. The average molecular weight is 502 g/mol. The molecule has 176 valence electrons. The van der Waals surface area contributed by atoms with E-state index in [1.807, 2.05) is 36.4 Å². The fourth-order valence-electron chi connectivity index (χ4n) is 6.95. The van der Waals surface area contributed by atoms with Gasteiger partial charge in [0.2, 0.25) is 5.91 Å². The van der Waals surface area contributed by atoms with Crippen molar-refractivity contribution in [3.05, 3.63) is 88.4 Å². The minimum Gasteiger partial charge on any atom is -0.324 e. The normalized spacial score (nSPS) is 30.8. The molecule has 7 rings (SSSR count). The minimum atomic E-state index is -1.17. The molecule has 3 aromatic rings. The van der Waals surface area contributed by atoms with Crippen molar-refractivity contribution >= 4 is 46.6 Å². The number of halogens is 1. The summed E-state index contributed by atoms with van der Waals surface area (Å²) in [5.74, 6) is -0.443. The lowest BCUT2D eigenvalue weighted by atomic mass is 9.70. The molecule has 4 heterocycles. The van der Waals surface area contributed by atoms with Crippen LogP contribution in [0.4, 0.5) is 11.4 Å². The van der Waals surface area contributed by atoms with Gasteiger partial charge in [0.05, 0.1) is 5.69 Å². The second-order valence-corrected chi connectivity index (χ2v) is 11.7. The maximum atomic E-state index is 14.5. The summed E-state index contributed by atoms with van der Waals surface area (Å²) in [7, 11) is 0. The molecule has 7 heteroatoms. The van der Waals surface area contributed by atoms with Gasteiger partial charge in [-0.2, -0.15) is 0 Å². The van der Waals surface area contributed by atoms with Gasteiger partial charge < -0.3 is 10.6 Å². The van der Waals surface area contributed by atoms with Crippen LogP contribution in [0.25, 0.3) is 0 Å². The Hall–Kier alpha value is -2.80. The number of hydrogen-bond donors (Lipinski definition) is 2. The Kier molecular flexibility index (Phi) is 4.51. The van der Waals surface area contributed by atoms with Gasteiger partial charge in [-0.25, -0.2) is 0 Å². The van der Waals surface area contributed by atoms with Crippen molar-refractivity contribution in [3.63, 3.8) is 0 Å². The Balaban J connectivity index is 1.58. The minimum absolute atomic E-state index is 0.0527. The number of benzene rings is 3. The van der Waals surface area contributed by atoms with Gasteiger partial charge in [-0.1, -0.05) is 53.6 Å². The van der Waals surface area contributed by atoms with Crippen molar-refractivity contribution in [1.29, 1.82) is 0 Å². The Bertz CT molecular complexity index is 1410. The molecule has 3 aromatic carbocycles. The van der Waals surface area contributed by atoms with Crippen LogP contribution in [-0.2, 0) is 15.1 Å². The van der Waals surface area contributed by atoms with Gasteiger partial charge in [-0.3, -0.25) is 14.5 Å². The third kappa shape index (κ3) is 2.60. The average Bonchev–Trinajstić information content (AvgIpc) is 3.49. The van der Waals surface area contributed by atoms with Crippen molar-refractivity contribution in [3.8, 4) is 0 Å². The second-order valence-electron chi connectivity index (χ2n) is 9.93. The molecule has 2 fully saturated rings. The maximum Gasteiger partial charge on any atom is 0.251 e. The number of aryl methyl sites for hydroxylation is 1. The van der Waals surface area contributed by atoms with Crippen LogP contribution < -0.4 is 10.6 Å². The second kappa shape index (κ2) is 7.36. The van der Waals surface area contributed by atoms with Gasteiger partial charge in [-0.05, 0) is 62.2 Å². The number of nitrogens with zero attached hydrogens (tertiary/aromatic N) is 1. The molecule has 35 heavy (non-hydrogen) atoms. The predicted molar refractivity (Wildman–Crippen MR) is 139 cm³/mol. The fourth-order valence-corrected chi connectivity index (χ4v) is 8.87. The van der Waals surface area contributed by atoms with Crippen LogP contribution in [0.1, 0.15) is 35.4 Å². The highest BCUT2D eigenvalue weighted by Gasteiger charge is 2.79. The largest absolute Gasteiger partial charge is 0.324 e. The Labute approximate surface area is 213 Å². The molecule has 4 aliphatic heterocycles. The molecule has 4 aliphatic rings. The van der Waals surface area contributed by atoms with Crippen molar-refractivity contribution in [2.45, 2.75) is 46.9 Å². The molecule has 0 radical (unpaired) electrons. The van der Waals surface area contributed by atoms with E-state index in [1.54, 1.807) is 17.8 Å². The van der Waals surface area contributed by atoms with E-state index in [1.165, 1.54) is 5.56 Å². The summed E-state index contributed by atoms with van der Waals surface area (Å²) in [6, 6.07) is 22.0. The number of hydrogen-bond acceptors (Lipinski definition) is 4. The quantitative estimate of drug-likeness (QED) is 0.459. The summed E-state index contributed by atoms with van der Waals surface area (Å²) in [4.78, 5) is 32.1. The molecule has 1 unspecified atom stereocenters. The van der Waals surface area contributed by atoms with E-state index in [0.29, 0.717) is 5.02 Å². The lowest BCUT2D eigenvalue weighted by Crippen LogP contribution is -2.64. The van der Waals surface area contributed by atoms with E-state index in [2.05, 4.69) is 46.7 Å².